The normalized spacial score (nSPS) is 24.2. The summed E-state index contributed by atoms with van der Waals surface area (Å²) >= 11 is 0. The van der Waals surface area contributed by atoms with Gasteiger partial charge < -0.3 is 15.1 Å². The lowest BCUT2D eigenvalue weighted by Crippen LogP contribution is -2.53. The fourth-order valence-corrected chi connectivity index (χ4v) is 3.94. The van der Waals surface area contributed by atoms with E-state index in [0.717, 1.165) is 45.4 Å². The lowest BCUT2D eigenvalue weighted by atomic mass is 9.93. The zero-order valence-corrected chi connectivity index (χ0v) is 15.3. The van der Waals surface area contributed by atoms with Crippen molar-refractivity contribution in [1.82, 2.24) is 15.1 Å². The number of benzene rings is 1. The third-order valence-electron chi connectivity index (χ3n) is 5.52. The maximum absolute atomic E-state index is 13.2. The number of nitrogens with one attached hydrogen (secondary N) is 1. The van der Waals surface area contributed by atoms with Crippen LogP contribution in [-0.4, -0.2) is 54.3 Å². The maximum Gasteiger partial charge on any atom is 0.228 e. The third kappa shape index (κ3) is 4.03. The Hall–Kier alpha value is -1.88. The van der Waals surface area contributed by atoms with E-state index in [1.54, 1.807) is 6.92 Å². The van der Waals surface area contributed by atoms with Gasteiger partial charge in [-0.15, -0.1) is 0 Å². The Bertz CT molecular complexity index is 614. The Balaban J connectivity index is 1.75. The van der Waals surface area contributed by atoms with Crippen molar-refractivity contribution < 1.29 is 9.59 Å². The van der Waals surface area contributed by atoms with Crippen LogP contribution in [0.25, 0.3) is 0 Å². The molecule has 136 valence electrons. The number of likely N-dealkylation sites (tertiary alicyclic amines) is 1. The number of piperidine rings is 1. The topological polar surface area (TPSA) is 52.7 Å². The van der Waals surface area contributed by atoms with Crippen molar-refractivity contribution in [2.75, 3.05) is 32.7 Å². The lowest BCUT2D eigenvalue weighted by molar-refractivity contribution is -0.143. The maximum atomic E-state index is 13.2. The molecule has 2 fully saturated rings. The van der Waals surface area contributed by atoms with Crippen LogP contribution < -0.4 is 5.32 Å². The summed E-state index contributed by atoms with van der Waals surface area (Å²) in [4.78, 5) is 28.7. The monoisotopic (exact) mass is 343 g/mol. The number of aryl methyl sites for hydroxylation is 1. The van der Waals surface area contributed by atoms with Gasteiger partial charge in [-0.25, -0.2) is 0 Å². The Kier molecular flexibility index (Phi) is 5.74. The Morgan fingerprint density at radius 3 is 2.64 bits per heavy atom. The van der Waals surface area contributed by atoms with Crippen molar-refractivity contribution >= 4 is 11.8 Å². The number of amides is 2. The molecule has 0 bridgehead atoms. The highest BCUT2D eigenvalue weighted by Gasteiger charge is 2.35. The molecule has 3 rings (SSSR count). The molecule has 25 heavy (non-hydrogen) atoms. The summed E-state index contributed by atoms with van der Waals surface area (Å²) in [6.45, 7) is 7.45. The molecule has 5 nitrogen and oxygen atoms in total. The molecule has 0 saturated carbocycles. The number of nitrogens with zero attached hydrogens (tertiary/aromatic N) is 2. The zero-order chi connectivity index (χ0) is 17.8. The van der Waals surface area contributed by atoms with Crippen LogP contribution >= 0.6 is 0 Å². The smallest absolute Gasteiger partial charge is 0.228 e. The minimum Gasteiger partial charge on any atom is -0.342 e. The molecular formula is C20H29N3O2. The van der Waals surface area contributed by atoms with Gasteiger partial charge in [-0.05, 0) is 30.4 Å². The molecule has 1 aromatic carbocycles. The van der Waals surface area contributed by atoms with Crippen LogP contribution in [0.1, 0.15) is 43.9 Å². The number of hydrogen-bond acceptors (Lipinski definition) is 3. The zero-order valence-electron chi connectivity index (χ0n) is 15.3. The quantitative estimate of drug-likeness (QED) is 0.913. The van der Waals surface area contributed by atoms with Gasteiger partial charge >= 0.3 is 0 Å². The first kappa shape index (κ1) is 17.9. The molecule has 1 aromatic rings. The van der Waals surface area contributed by atoms with E-state index in [1.165, 1.54) is 11.1 Å². The molecule has 2 aliphatic rings. The first-order valence-corrected chi connectivity index (χ1v) is 9.45. The van der Waals surface area contributed by atoms with Gasteiger partial charge in [0.1, 0.15) is 0 Å². The number of piperazine rings is 1. The molecule has 2 amide bonds. The van der Waals surface area contributed by atoms with E-state index in [9.17, 15) is 9.59 Å². The molecule has 2 heterocycles. The lowest BCUT2D eigenvalue weighted by Gasteiger charge is -2.40. The van der Waals surface area contributed by atoms with Crippen LogP contribution in [0, 0.1) is 5.92 Å². The van der Waals surface area contributed by atoms with Crippen LogP contribution in [0.5, 0.6) is 0 Å². The summed E-state index contributed by atoms with van der Waals surface area (Å²) in [7, 11) is 0. The van der Waals surface area contributed by atoms with Gasteiger partial charge in [-0.1, -0.05) is 31.2 Å². The van der Waals surface area contributed by atoms with Gasteiger partial charge in [-0.3, -0.25) is 9.59 Å². The molecule has 2 saturated heterocycles. The molecule has 1 N–H and O–H groups in total. The van der Waals surface area contributed by atoms with E-state index in [0.29, 0.717) is 6.54 Å². The second kappa shape index (κ2) is 8.00. The minimum atomic E-state index is -0.0619. The van der Waals surface area contributed by atoms with E-state index in [4.69, 9.17) is 0 Å². The molecular weight excluding hydrogens is 314 g/mol. The summed E-state index contributed by atoms with van der Waals surface area (Å²) in [6.07, 6.45) is 2.82. The number of hydrogen-bond donors (Lipinski definition) is 1. The van der Waals surface area contributed by atoms with Crippen LogP contribution in [0.15, 0.2) is 24.3 Å². The average Bonchev–Trinajstić information content (AvgIpc) is 2.67. The Labute approximate surface area is 150 Å². The number of carbonyl (C=O) groups excluding carboxylic acids is 2. The molecule has 2 atom stereocenters. The molecule has 5 heteroatoms. The molecule has 2 unspecified atom stereocenters. The number of rotatable bonds is 3. The second-order valence-electron chi connectivity index (χ2n) is 7.15. The van der Waals surface area contributed by atoms with Gasteiger partial charge in [0.2, 0.25) is 11.8 Å². The minimum absolute atomic E-state index is 0.0619. The van der Waals surface area contributed by atoms with Crippen LogP contribution in [0.2, 0.25) is 0 Å². The molecule has 0 spiro atoms. The Morgan fingerprint density at radius 1 is 1.20 bits per heavy atom. The summed E-state index contributed by atoms with van der Waals surface area (Å²) in [5, 5.41) is 3.42. The van der Waals surface area contributed by atoms with Crippen molar-refractivity contribution in [2.45, 2.75) is 39.2 Å². The summed E-state index contributed by atoms with van der Waals surface area (Å²) in [6, 6.07) is 8.70. The van der Waals surface area contributed by atoms with E-state index in [-0.39, 0.29) is 23.8 Å². The summed E-state index contributed by atoms with van der Waals surface area (Å²) in [5.41, 5.74) is 2.51. The van der Waals surface area contributed by atoms with Gasteiger partial charge in [-0.2, -0.15) is 0 Å². The van der Waals surface area contributed by atoms with E-state index in [1.807, 2.05) is 9.80 Å². The van der Waals surface area contributed by atoms with Gasteiger partial charge in [0.05, 0.1) is 12.0 Å². The highest BCUT2D eigenvalue weighted by molar-refractivity contribution is 5.81. The fraction of sp³-hybridized carbons (Fsp3) is 0.600. The van der Waals surface area contributed by atoms with Crippen molar-refractivity contribution in [3.8, 4) is 0 Å². The predicted molar refractivity (Wildman–Crippen MR) is 98.1 cm³/mol. The van der Waals surface area contributed by atoms with Crippen LogP contribution in [-0.2, 0) is 16.0 Å². The van der Waals surface area contributed by atoms with Gasteiger partial charge in [0, 0.05) is 39.6 Å². The van der Waals surface area contributed by atoms with E-state index < -0.39 is 0 Å². The van der Waals surface area contributed by atoms with Crippen molar-refractivity contribution in [2.24, 2.45) is 5.92 Å². The van der Waals surface area contributed by atoms with Crippen molar-refractivity contribution in [1.29, 1.82) is 0 Å². The molecule has 0 aromatic heterocycles. The standard InChI is InChI=1S/C20H29N3O2/c1-3-16-6-8-17(9-7-16)19-13-21-10-12-23(19)20(25)18-5-4-11-22(14-18)15(2)24/h6-9,18-19,21H,3-5,10-14H2,1-2H3. The SMILES string of the molecule is CCc1ccc(C2CNCCN2C(=O)C2CCCN(C(C)=O)C2)cc1. The molecule has 0 radical (unpaired) electrons. The largest absolute Gasteiger partial charge is 0.342 e. The summed E-state index contributed by atoms with van der Waals surface area (Å²) in [5.74, 6) is 0.217. The molecule has 2 aliphatic heterocycles. The first-order chi connectivity index (χ1) is 12.1. The second-order valence-corrected chi connectivity index (χ2v) is 7.15. The first-order valence-electron chi connectivity index (χ1n) is 9.45. The highest BCUT2D eigenvalue weighted by Crippen LogP contribution is 2.27. The highest BCUT2D eigenvalue weighted by atomic mass is 16.2. The number of carbonyl (C=O) groups is 2. The van der Waals surface area contributed by atoms with Crippen molar-refractivity contribution in [3.05, 3.63) is 35.4 Å². The molecule has 0 aliphatic carbocycles. The fourth-order valence-electron chi connectivity index (χ4n) is 3.94. The predicted octanol–water partition coefficient (Wildman–Crippen LogP) is 1.98. The van der Waals surface area contributed by atoms with Crippen LogP contribution in [0.4, 0.5) is 0 Å². The van der Waals surface area contributed by atoms with Gasteiger partial charge in [0.15, 0.2) is 0 Å². The van der Waals surface area contributed by atoms with E-state index in [2.05, 4.69) is 36.5 Å². The Morgan fingerprint density at radius 2 is 1.96 bits per heavy atom. The van der Waals surface area contributed by atoms with Gasteiger partial charge in [0.25, 0.3) is 0 Å². The summed E-state index contributed by atoms with van der Waals surface area (Å²) < 4.78 is 0. The van der Waals surface area contributed by atoms with E-state index >= 15 is 0 Å². The third-order valence-corrected chi connectivity index (χ3v) is 5.52. The van der Waals surface area contributed by atoms with Crippen molar-refractivity contribution in [3.63, 3.8) is 0 Å². The van der Waals surface area contributed by atoms with Crippen LogP contribution in [0.3, 0.4) is 0 Å². The average molecular weight is 343 g/mol.